The Kier molecular flexibility index (Phi) is 4.42. The van der Waals surface area contributed by atoms with Gasteiger partial charge in [0.05, 0.1) is 25.0 Å². The van der Waals surface area contributed by atoms with Gasteiger partial charge < -0.3 is 4.74 Å². The highest BCUT2D eigenvalue weighted by molar-refractivity contribution is 5.58. The first kappa shape index (κ1) is 16.7. The standard InChI is InChI=1S/C20H21FN4O/c1-14-4-3-7-22-20(14)18-11-16-13-24(8-9-25(16)23-18)12-15-5-6-19(26-2)17(21)10-15/h3-7,10-11H,8-9,12-13H2,1-2H3. The van der Waals surface area contributed by atoms with Crippen molar-refractivity contribution < 1.29 is 9.13 Å². The van der Waals surface area contributed by atoms with Crippen molar-refractivity contribution in [1.82, 2.24) is 19.7 Å². The van der Waals surface area contributed by atoms with Gasteiger partial charge in [-0.1, -0.05) is 12.1 Å². The average molecular weight is 352 g/mol. The van der Waals surface area contributed by atoms with Crippen LogP contribution >= 0.6 is 0 Å². The summed E-state index contributed by atoms with van der Waals surface area (Å²) in [7, 11) is 1.48. The predicted molar refractivity (Wildman–Crippen MR) is 97.3 cm³/mol. The Bertz CT molecular complexity index is 937. The van der Waals surface area contributed by atoms with Gasteiger partial charge in [0, 0.05) is 25.8 Å². The van der Waals surface area contributed by atoms with E-state index in [2.05, 4.69) is 20.6 Å². The summed E-state index contributed by atoms with van der Waals surface area (Å²) in [6.07, 6.45) is 1.80. The van der Waals surface area contributed by atoms with Gasteiger partial charge in [-0.3, -0.25) is 14.6 Å². The van der Waals surface area contributed by atoms with Crippen LogP contribution in [0.1, 0.15) is 16.8 Å². The van der Waals surface area contributed by atoms with Crippen molar-refractivity contribution in [3.8, 4) is 17.1 Å². The van der Waals surface area contributed by atoms with E-state index in [1.165, 1.54) is 7.11 Å². The number of hydrogen-bond acceptors (Lipinski definition) is 4. The predicted octanol–water partition coefficient (Wildman–Crippen LogP) is 3.42. The Morgan fingerprint density at radius 3 is 2.85 bits per heavy atom. The van der Waals surface area contributed by atoms with Crippen molar-refractivity contribution in [2.24, 2.45) is 0 Å². The number of rotatable bonds is 4. The van der Waals surface area contributed by atoms with Gasteiger partial charge in [-0.25, -0.2) is 4.39 Å². The topological polar surface area (TPSA) is 43.2 Å². The van der Waals surface area contributed by atoms with Crippen LogP contribution in [0.4, 0.5) is 4.39 Å². The SMILES string of the molecule is COc1ccc(CN2CCn3nc(-c4ncccc4C)cc3C2)cc1F. The zero-order valence-electron chi connectivity index (χ0n) is 14.9. The normalized spacial score (nSPS) is 14.3. The summed E-state index contributed by atoms with van der Waals surface area (Å²) in [5.41, 5.74) is 5.06. The first-order chi connectivity index (χ1) is 12.6. The molecule has 2 aromatic heterocycles. The molecule has 0 spiro atoms. The monoisotopic (exact) mass is 352 g/mol. The van der Waals surface area contributed by atoms with Gasteiger partial charge in [0.2, 0.25) is 0 Å². The largest absolute Gasteiger partial charge is 0.494 e. The second kappa shape index (κ2) is 6.88. The third-order valence-electron chi connectivity index (χ3n) is 4.75. The maximum atomic E-state index is 13.9. The summed E-state index contributed by atoms with van der Waals surface area (Å²) in [5, 5.41) is 4.71. The molecule has 0 saturated heterocycles. The lowest BCUT2D eigenvalue weighted by Crippen LogP contribution is -2.33. The van der Waals surface area contributed by atoms with Crippen LogP contribution < -0.4 is 4.74 Å². The molecule has 0 amide bonds. The molecule has 1 aliphatic rings. The highest BCUT2D eigenvalue weighted by Gasteiger charge is 2.20. The van der Waals surface area contributed by atoms with Crippen LogP contribution in [0.25, 0.3) is 11.4 Å². The zero-order chi connectivity index (χ0) is 18.1. The molecule has 0 atom stereocenters. The number of fused-ring (bicyclic) bond motifs is 1. The molecule has 0 bridgehead atoms. The number of halogens is 1. The number of hydrogen-bond donors (Lipinski definition) is 0. The van der Waals surface area contributed by atoms with Gasteiger partial charge in [0.15, 0.2) is 11.6 Å². The molecule has 3 aromatic rings. The van der Waals surface area contributed by atoms with E-state index in [0.29, 0.717) is 6.54 Å². The molecule has 4 rings (SSSR count). The minimum Gasteiger partial charge on any atom is -0.494 e. The molecule has 0 fully saturated rings. The number of methoxy groups -OCH3 is 1. The van der Waals surface area contributed by atoms with E-state index < -0.39 is 0 Å². The van der Waals surface area contributed by atoms with E-state index >= 15 is 0 Å². The van der Waals surface area contributed by atoms with Crippen molar-refractivity contribution in [3.63, 3.8) is 0 Å². The summed E-state index contributed by atoms with van der Waals surface area (Å²) in [5.74, 6) is -0.0409. The van der Waals surface area contributed by atoms with Crippen LogP contribution in [0.2, 0.25) is 0 Å². The number of aryl methyl sites for hydroxylation is 1. The minimum absolute atomic E-state index is 0.279. The van der Waals surface area contributed by atoms with Crippen molar-refractivity contribution in [1.29, 1.82) is 0 Å². The summed E-state index contributed by atoms with van der Waals surface area (Å²) in [4.78, 5) is 6.76. The summed E-state index contributed by atoms with van der Waals surface area (Å²) >= 11 is 0. The van der Waals surface area contributed by atoms with E-state index in [1.54, 1.807) is 18.3 Å². The van der Waals surface area contributed by atoms with Crippen molar-refractivity contribution in [3.05, 3.63) is 65.2 Å². The van der Waals surface area contributed by atoms with E-state index in [1.807, 2.05) is 25.1 Å². The van der Waals surface area contributed by atoms with E-state index in [4.69, 9.17) is 9.84 Å². The number of aromatic nitrogens is 3. The molecular weight excluding hydrogens is 331 g/mol. The lowest BCUT2D eigenvalue weighted by molar-refractivity contribution is 0.205. The Morgan fingerprint density at radius 1 is 1.19 bits per heavy atom. The molecule has 0 aliphatic carbocycles. The molecule has 0 N–H and O–H groups in total. The van der Waals surface area contributed by atoms with Crippen LogP contribution in [-0.4, -0.2) is 33.3 Å². The zero-order valence-corrected chi connectivity index (χ0v) is 14.9. The second-order valence-electron chi connectivity index (χ2n) is 6.59. The molecule has 0 saturated carbocycles. The fourth-order valence-corrected chi connectivity index (χ4v) is 3.39. The van der Waals surface area contributed by atoms with E-state index in [-0.39, 0.29) is 11.6 Å². The smallest absolute Gasteiger partial charge is 0.165 e. The number of nitrogens with zero attached hydrogens (tertiary/aromatic N) is 4. The van der Waals surface area contributed by atoms with Crippen LogP contribution in [0.5, 0.6) is 5.75 Å². The maximum Gasteiger partial charge on any atom is 0.165 e. The molecule has 1 aromatic carbocycles. The Hall–Kier alpha value is -2.73. The number of pyridine rings is 1. The highest BCUT2D eigenvalue weighted by atomic mass is 19.1. The van der Waals surface area contributed by atoms with Crippen molar-refractivity contribution in [2.45, 2.75) is 26.6 Å². The lowest BCUT2D eigenvalue weighted by Gasteiger charge is -2.27. The Labute approximate surface area is 152 Å². The fourth-order valence-electron chi connectivity index (χ4n) is 3.39. The van der Waals surface area contributed by atoms with Crippen LogP contribution in [0.15, 0.2) is 42.6 Å². The van der Waals surface area contributed by atoms with Crippen LogP contribution in [0, 0.1) is 12.7 Å². The molecule has 5 nitrogen and oxygen atoms in total. The van der Waals surface area contributed by atoms with Crippen LogP contribution in [0.3, 0.4) is 0 Å². The van der Waals surface area contributed by atoms with E-state index in [9.17, 15) is 4.39 Å². The Balaban J connectivity index is 1.51. The van der Waals surface area contributed by atoms with Crippen molar-refractivity contribution in [2.75, 3.05) is 13.7 Å². The lowest BCUT2D eigenvalue weighted by atomic mass is 10.1. The maximum absolute atomic E-state index is 13.9. The van der Waals surface area contributed by atoms with Gasteiger partial charge in [-0.2, -0.15) is 5.10 Å². The molecule has 3 heterocycles. The number of benzene rings is 1. The van der Waals surface area contributed by atoms with Gasteiger partial charge >= 0.3 is 0 Å². The average Bonchev–Trinajstić information content (AvgIpc) is 3.05. The third-order valence-corrected chi connectivity index (χ3v) is 4.75. The second-order valence-corrected chi connectivity index (χ2v) is 6.59. The Morgan fingerprint density at radius 2 is 2.08 bits per heavy atom. The molecular formula is C20H21FN4O. The fraction of sp³-hybridized carbons (Fsp3) is 0.300. The molecule has 134 valence electrons. The summed E-state index contributed by atoms with van der Waals surface area (Å²) in [6.45, 7) is 5.23. The van der Waals surface area contributed by atoms with Crippen LogP contribution in [-0.2, 0) is 19.6 Å². The summed E-state index contributed by atoms with van der Waals surface area (Å²) in [6, 6.07) is 11.2. The first-order valence-corrected chi connectivity index (χ1v) is 8.67. The minimum atomic E-state index is -0.319. The van der Waals surface area contributed by atoms with Crippen molar-refractivity contribution >= 4 is 0 Å². The molecule has 6 heteroatoms. The quantitative estimate of drug-likeness (QED) is 0.722. The number of ether oxygens (including phenoxy) is 1. The van der Waals surface area contributed by atoms with Gasteiger partial charge in [0.1, 0.15) is 5.69 Å². The molecule has 0 radical (unpaired) electrons. The molecule has 26 heavy (non-hydrogen) atoms. The molecule has 0 unspecified atom stereocenters. The van der Waals surface area contributed by atoms with Gasteiger partial charge in [0.25, 0.3) is 0 Å². The van der Waals surface area contributed by atoms with E-state index in [0.717, 1.165) is 47.8 Å². The molecule has 1 aliphatic heterocycles. The highest BCUT2D eigenvalue weighted by Crippen LogP contribution is 2.24. The third kappa shape index (κ3) is 3.20. The first-order valence-electron chi connectivity index (χ1n) is 8.67. The van der Waals surface area contributed by atoms with Gasteiger partial charge in [-0.05, 0) is 42.3 Å². The van der Waals surface area contributed by atoms with Gasteiger partial charge in [-0.15, -0.1) is 0 Å². The summed E-state index contributed by atoms with van der Waals surface area (Å²) < 4.78 is 20.9.